The summed E-state index contributed by atoms with van der Waals surface area (Å²) < 4.78 is 47.6. The van der Waals surface area contributed by atoms with Crippen molar-refractivity contribution in [3.05, 3.63) is 142 Å². The number of benzene rings is 4. The van der Waals surface area contributed by atoms with E-state index < -0.39 is 40.9 Å². The molecule has 1 amide bonds. The summed E-state index contributed by atoms with van der Waals surface area (Å²) in [6.45, 7) is 4.58. The molecule has 366 valence electrons. The highest BCUT2D eigenvalue weighted by Crippen LogP contribution is 2.62. The Morgan fingerprint density at radius 2 is 1.70 bits per heavy atom. The molecule has 0 aromatic heterocycles. The Morgan fingerprint density at radius 1 is 0.971 bits per heavy atom. The van der Waals surface area contributed by atoms with Crippen LogP contribution in [0.25, 0.3) is 0 Å². The van der Waals surface area contributed by atoms with Gasteiger partial charge in [-0.2, -0.15) is 0 Å². The molecule has 1 unspecified atom stereocenters. The predicted molar refractivity (Wildman–Crippen MR) is 259 cm³/mol. The van der Waals surface area contributed by atoms with Gasteiger partial charge in [-0.05, 0) is 134 Å². The number of allylic oxidation sites excluding steroid dienone is 1. The van der Waals surface area contributed by atoms with Gasteiger partial charge < -0.3 is 38.7 Å². The average Bonchev–Trinajstić information content (AvgIpc) is 3.36. The number of hydrogen-bond donors (Lipinski definition) is 2. The van der Waals surface area contributed by atoms with Crippen LogP contribution >= 0.6 is 11.8 Å². The molecule has 7 atom stereocenters. The summed E-state index contributed by atoms with van der Waals surface area (Å²) in [5.41, 5.74) is 2.67. The van der Waals surface area contributed by atoms with Gasteiger partial charge in [-0.25, -0.2) is 9.18 Å². The third kappa shape index (κ3) is 11.5. The lowest BCUT2D eigenvalue weighted by Gasteiger charge is -2.59. The first-order chi connectivity index (χ1) is 33.6. The Morgan fingerprint density at radius 3 is 2.38 bits per heavy atom. The molecule has 0 radical (unpaired) electrons. The number of non-ortho nitro benzene ring substituents is 1. The van der Waals surface area contributed by atoms with E-state index in [-0.39, 0.29) is 62.0 Å². The van der Waals surface area contributed by atoms with Crippen LogP contribution in [-0.4, -0.2) is 82.6 Å². The fraction of sp³-hybridized carbons (Fsp3) is 0.434. The summed E-state index contributed by atoms with van der Waals surface area (Å²) in [4.78, 5) is 35.0. The second-order valence-electron chi connectivity index (χ2n) is 17.8. The third-order valence-corrected chi connectivity index (χ3v) is 14.2. The fourth-order valence-corrected chi connectivity index (χ4v) is 10.7. The predicted octanol–water partition coefficient (Wildman–Crippen LogP) is 11.1. The number of amides is 1. The summed E-state index contributed by atoms with van der Waals surface area (Å²) in [5, 5.41) is 36.5. The van der Waals surface area contributed by atoms with Crippen LogP contribution in [0.4, 0.5) is 14.9 Å². The highest BCUT2D eigenvalue weighted by Gasteiger charge is 2.66. The summed E-state index contributed by atoms with van der Waals surface area (Å²) in [7, 11) is 0. The topological polar surface area (TPSA) is 172 Å². The molecule has 2 aliphatic carbocycles. The Balaban J connectivity index is 1.33. The Labute approximate surface area is 406 Å². The number of nitro groups is 1. The van der Waals surface area contributed by atoms with E-state index in [9.17, 15) is 24.7 Å². The maximum absolute atomic E-state index is 15.1. The van der Waals surface area contributed by atoms with Gasteiger partial charge in [0.15, 0.2) is 0 Å². The molecule has 1 saturated heterocycles. The van der Waals surface area contributed by atoms with Gasteiger partial charge in [0.05, 0.1) is 29.8 Å². The molecule has 0 spiro atoms. The normalized spacial score (nSPS) is 24.2. The van der Waals surface area contributed by atoms with Crippen LogP contribution in [0.1, 0.15) is 81.3 Å². The molecular formula is C53H60FN3O11S. The van der Waals surface area contributed by atoms with E-state index in [1.807, 2.05) is 48.7 Å². The first kappa shape index (κ1) is 49.6. The monoisotopic (exact) mass is 965 g/mol. The highest BCUT2D eigenvalue weighted by atomic mass is 32.2. The zero-order valence-corrected chi connectivity index (χ0v) is 39.6. The SMILES string of the molecule is C=CCO[C@@]12Oc3ccc(Oc4ccc(SC)cc4)cc3[C@H]3[C@H](CCCCO)[C@@H](CCCCO)C=C(C(=NOC4CCCCO4)C[C@@H]1N(Cc1ccc(F)cc1)C(=O)Oc1ccc([N+](=O)[O-])cc1)[C@H]32. The summed E-state index contributed by atoms with van der Waals surface area (Å²) in [6.07, 6.45) is 11.2. The molecule has 4 aliphatic rings. The van der Waals surface area contributed by atoms with Crippen LogP contribution in [0.2, 0.25) is 0 Å². The standard InChI is InChI=1S/C53H60FN3O11S/c1-3-29-64-53-48(56(34-35-13-15-37(54)16-14-35)52(60)66-40-19-17-38(18-20-40)57(61)62)33-46(55-68-49-12-6-9-30-63-49)44-31-36(10-4-7-27-58)43(11-5-8-28-59)50(51(44)53)45-32-41(23-26-47(45)67-53)65-39-21-24-42(69-2)25-22-39/h3,13-26,31-32,36,43,48-51,58-59H,1,4-12,27-30,33-34H2,2H3/t36-,43+,48-,49?,50+,51+,53+/m0/s1. The zero-order valence-electron chi connectivity index (χ0n) is 38.8. The molecule has 2 heterocycles. The van der Waals surface area contributed by atoms with Crippen LogP contribution in [0.5, 0.6) is 23.0 Å². The maximum Gasteiger partial charge on any atom is 0.416 e. The van der Waals surface area contributed by atoms with Crippen LogP contribution in [-0.2, 0) is 20.9 Å². The number of thioether (sulfide) groups is 1. The van der Waals surface area contributed by atoms with Crippen molar-refractivity contribution in [3.63, 3.8) is 0 Å². The zero-order chi connectivity index (χ0) is 48.3. The molecular weight excluding hydrogens is 906 g/mol. The van der Waals surface area contributed by atoms with Crippen LogP contribution in [0.15, 0.2) is 125 Å². The molecule has 1 saturated carbocycles. The molecule has 16 heteroatoms. The van der Waals surface area contributed by atoms with Crippen molar-refractivity contribution in [1.82, 2.24) is 4.90 Å². The Kier molecular flexibility index (Phi) is 16.7. The van der Waals surface area contributed by atoms with E-state index in [1.165, 1.54) is 41.3 Å². The number of rotatable bonds is 21. The van der Waals surface area contributed by atoms with Crippen molar-refractivity contribution in [2.75, 3.05) is 32.7 Å². The Bertz CT molecular complexity index is 2450. The number of halogens is 1. The van der Waals surface area contributed by atoms with Gasteiger partial charge in [-0.15, -0.1) is 18.3 Å². The lowest BCUT2D eigenvalue weighted by Crippen LogP contribution is -2.70. The number of oxime groups is 1. The first-order valence-corrected chi connectivity index (χ1v) is 25.0. The number of carbonyl (C=O) groups excluding carboxylic acids is 1. The van der Waals surface area contributed by atoms with E-state index in [0.29, 0.717) is 54.4 Å². The van der Waals surface area contributed by atoms with E-state index in [2.05, 4.69) is 12.7 Å². The van der Waals surface area contributed by atoms with Crippen molar-refractivity contribution < 1.29 is 52.8 Å². The number of ether oxygens (including phenoxy) is 5. The van der Waals surface area contributed by atoms with Gasteiger partial charge in [-0.3, -0.25) is 15.0 Å². The third-order valence-electron chi connectivity index (χ3n) is 13.5. The van der Waals surface area contributed by atoms with Gasteiger partial charge in [0.2, 0.25) is 12.1 Å². The van der Waals surface area contributed by atoms with Crippen molar-refractivity contribution in [2.24, 2.45) is 22.9 Å². The number of nitro benzene ring substituents is 1. The number of nitrogens with zero attached hydrogens (tertiary/aromatic N) is 3. The molecule has 2 fully saturated rings. The lowest BCUT2D eigenvalue weighted by molar-refractivity contribution is -0.384. The second-order valence-corrected chi connectivity index (χ2v) is 18.7. The molecule has 14 nitrogen and oxygen atoms in total. The van der Waals surface area contributed by atoms with Gasteiger partial charge >= 0.3 is 6.09 Å². The Hall–Kier alpha value is -5.78. The van der Waals surface area contributed by atoms with E-state index in [1.54, 1.807) is 30.0 Å². The highest BCUT2D eigenvalue weighted by molar-refractivity contribution is 7.98. The maximum atomic E-state index is 15.1. The van der Waals surface area contributed by atoms with Crippen molar-refractivity contribution in [1.29, 1.82) is 0 Å². The lowest BCUT2D eigenvalue weighted by atomic mass is 9.55. The van der Waals surface area contributed by atoms with Crippen molar-refractivity contribution in [2.45, 2.75) is 99.7 Å². The molecule has 8 rings (SSSR count). The number of unbranched alkanes of at least 4 members (excludes halogenated alkanes) is 2. The van der Waals surface area contributed by atoms with E-state index in [4.69, 9.17) is 33.7 Å². The fourth-order valence-electron chi connectivity index (χ4n) is 10.3. The number of fused-ring (bicyclic) bond motifs is 2. The number of aliphatic hydroxyl groups excluding tert-OH is 2. The largest absolute Gasteiger partial charge is 0.459 e. The van der Waals surface area contributed by atoms with Crippen molar-refractivity contribution >= 4 is 29.3 Å². The number of aliphatic hydroxyl groups is 2. The van der Waals surface area contributed by atoms with Gasteiger partial charge in [0.25, 0.3) is 5.69 Å². The number of carbonyl (C=O) groups is 1. The molecule has 2 aliphatic heterocycles. The molecule has 0 bridgehead atoms. The van der Waals surface area contributed by atoms with Crippen molar-refractivity contribution in [3.8, 4) is 23.0 Å². The van der Waals surface area contributed by atoms with E-state index >= 15 is 4.79 Å². The first-order valence-electron chi connectivity index (χ1n) is 23.8. The smallest absolute Gasteiger partial charge is 0.416 e. The van der Waals surface area contributed by atoms with Gasteiger partial charge in [0.1, 0.15) is 34.9 Å². The second kappa shape index (κ2) is 23.2. The average molecular weight is 966 g/mol. The number of hydrogen-bond acceptors (Lipinski definition) is 13. The van der Waals surface area contributed by atoms with Crippen LogP contribution in [0, 0.1) is 33.7 Å². The minimum Gasteiger partial charge on any atom is -0.459 e. The molecule has 2 N–H and O–H groups in total. The molecule has 4 aromatic carbocycles. The van der Waals surface area contributed by atoms with Gasteiger partial charge in [0, 0.05) is 61.1 Å². The minimum absolute atomic E-state index is 0.0192. The summed E-state index contributed by atoms with van der Waals surface area (Å²) in [5.74, 6) is -1.33. The van der Waals surface area contributed by atoms with Crippen LogP contribution < -0.4 is 14.2 Å². The summed E-state index contributed by atoms with van der Waals surface area (Å²) >= 11 is 1.64. The molecule has 69 heavy (non-hydrogen) atoms. The van der Waals surface area contributed by atoms with Crippen LogP contribution in [0.3, 0.4) is 0 Å². The quantitative estimate of drug-likeness (QED) is 0.0267. The minimum atomic E-state index is -1.64. The van der Waals surface area contributed by atoms with E-state index in [0.717, 1.165) is 54.6 Å². The summed E-state index contributed by atoms with van der Waals surface area (Å²) in [6, 6.07) is 23.7. The van der Waals surface area contributed by atoms with Gasteiger partial charge in [-0.1, -0.05) is 42.3 Å². The molecule has 4 aromatic rings.